The molecule has 1 aliphatic carbocycles. The number of aryl methyl sites for hydroxylation is 2. The van der Waals surface area contributed by atoms with E-state index in [1.54, 1.807) is 0 Å². The summed E-state index contributed by atoms with van der Waals surface area (Å²) in [7, 11) is 0. The first-order valence-electron chi connectivity index (χ1n) is 9.70. The van der Waals surface area contributed by atoms with Crippen molar-refractivity contribution >= 4 is 0 Å². The van der Waals surface area contributed by atoms with E-state index < -0.39 is 0 Å². The minimum absolute atomic E-state index is 0.284. The van der Waals surface area contributed by atoms with Gasteiger partial charge in [0.15, 0.2) is 0 Å². The van der Waals surface area contributed by atoms with Gasteiger partial charge in [0.25, 0.3) is 0 Å². The van der Waals surface area contributed by atoms with Gasteiger partial charge in [-0.05, 0) is 80.8 Å². The molecule has 3 aliphatic heterocycles. The molecular formula is C21H25N3O. The van der Waals surface area contributed by atoms with Crippen molar-refractivity contribution in [2.75, 3.05) is 19.6 Å². The molecule has 1 aromatic heterocycles. The Kier molecular flexibility index (Phi) is 3.93. The van der Waals surface area contributed by atoms with Crippen molar-refractivity contribution in [3.05, 3.63) is 41.5 Å². The van der Waals surface area contributed by atoms with Gasteiger partial charge in [0.05, 0.1) is 5.69 Å². The fourth-order valence-corrected chi connectivity index (χ4v) is 4.63. The number of nitrogens with zero attached hydrogens (tertiary/aromatic N) is 3. The summed E-state index contributed by atoms with van der Waals surface area (Å²) in [5.41, 5.74) is 5.10. The highest BCUT2D eigenvalue weighted by Crippen LogP contribution is 2.31. The topological polar surface area (TPSA) is 38.2 Å². The predicted molar refractivity (Wildman–Crippen MR) is 97.7 cm³/mol. The zero-order valence-corrected chi connectivity index (χ0v) is 14.7. The maximum Gasteiger partial charge on any atom is 0.233 e. The summed E-state index contributed by atoms with van der Waals surface area (Å²) >= 11 is 0. The molecule has 4 nitrogen and oxygen atoms in total. The highest BCUT2D eigenvalue weighted by atomic mass is 16.5. The molecule has 0 spiro atoms. The summed E-state index contributed by atoms with van der Waals surface area (Å²) in [5, 5.41) is 8.79. The van der Waals surface area contributed by atoms with Crippen LogP contribution in [0.15, 0.2) is 30.3 Å². The third-order valence-corrected chi connectivity index (χ3v) is 6.15. The zero-order chi connectivity index (χ0) is 16.6. The molecule has 0 saturated carbocycles. The van der Waals surface area contributed by atoms with Gasteiger partial charge in [-0.1, -0.05) is 12.1 Å². The van der Waals surface area contributed by atoms with Gasteiger partial charge in [-0.25, -0.2) is 0 Å². The van der Waals surface area contributed by atoms with Crippen LogP contribution in [-0.2, 0) is 12.8 Å². The maximum absolute atomic E-state index is 6.16. The van der Waals surface area contributed by atoms with E-state index in [-0.39, 0.29) is 6.10 Å². The summed E-state index contributed by atoms with van der Waals surface area (Å²) < 4.78 is 6.16. The molecule has 3 fully saturated rings. The monoisotopic (exact) mass is 335 g/mol. The minimum atomic E-state index is 0.284. The van der Waals surface area contributed by atoms with Crippen molar-refractivity contribution < 1.29 is 4.74 Å². The van der Waals surface area contributed by atoms with Crippen LogP contribution in [0.5, 0.6) is 5.88 Å². The SMILES string of the molecule is c1cc2c(cc1-c1ccc(O[C@H]3CN4CCC3CC4)nn1)CCCC2. The molecule has 1 aromatic carbocycles. The van der Waals surface area contributed by atoms with Crippen LogP contribution in [0.4, 0.5) is 0 Å². The van der Waals surface area contributed by atoms with Crippen molar-refractivity contribution in [2.24, 2.45) is 5.92 Å². The Morgan fingerprint density at radius 3 is 2.48 bits per heavy atom. The lowest BCUT2D eigenvalue weighted by Gasteiger charge is -2.44. The van der Waals surface area contributed by atoms with Crippen LogP contribution in [0, 0.1) is 5.92 Å². The normalized spacial score (nSPS) is 27.8. The standard InChI is InChI=1S/C21H25N3O/c1-2-4-17-13-18(6-5-15(17)3-1)19-7-8-21(23-22-19)25-20-14-24-11-9-16(20)10-12-24/h5-8,13,16,20H,1-4,9-12,14H2/t20-/m0/s1. The molecule has 4 heterocycles. The Balaban J connectivity index is 1.32. The second kappa shape index (κ2) is 6.41. The quantitative estimate of drug-likeness (QED) is 0.860. The van der Waals surface area contributed by atoms with E-state index in [4.69, 9.17) is 4.74 Å². The summed E-state index contributed by atoms with van der Waals surface area (Å²) in [6.07, 6.45) is 7.82. The fraction of sp³-hybridized carbons (Fsp3) is 0.524. The molecule has 1 atom stereocenters. The van der Waals surface area contributed by atoms with Gasteiger partial charge in [-0.15, -0.1) is 10.2 Å². The molecule has 2 bridgehead atoms. The number of aromatic nitrogens is 2. The van der Waals surface area contributed by atoms with Gasteiger partial charge in [0, 0.05) is 18.2 Å². The lowest BCUT2D eigenvalue weighted by molar-refractivity contribution is -0.0103. The van der Waals surface area contributed by atoms with Gasteiger partial charge in [0.2, 0.25) is 5.88 Å². The summed E-state index contributed by atoms with van der Waals surface area (Å²) in [6, 6.07) is 10.8. The van der Waals surface area contributed by atoms with E-state index in [2.05, 4.69) is 33.3 Å². The number of benzene rings is 1. The van der Waals surface area contributed by atoms with E-state index in [9.17, 15) is 0 Å². The summed E-state index contributed by atoms with van der Waals surface area (Å²) in [5.74, 6) is 1.35. The molecule has 25 heavy (non-hydrogen) atoms. The molecule has 0 radical (unpaired) electrons. The van der Waals surface area contributed by atoms with Crippen LogP contribution < -0.4 is 4.74 Å². The van der Waals surface area contributed by atoms with Crippen molar-refractivity contribution in [2.45, 2.75) is 44.6 Å². The second-order valence-electron chi connectivity index (χ2n) is 7.74. The smallest absolute Gasteiger partial charge is 0.233 e. The van der Waals surface area contributed by atoms with E-state index in [0.717, 1.165) is 12.2 Å². The van der Waals surface area contributed by atoms with Crippen molar-refractivity contribution in [1.82, 2.24) is 15.1 Å². The van der Waals surface area contributed by atoms with Gasteiger partial charge >= 0.3 is 0 Å². The van der Waals surface area contributed by atoms with Crippen LogP contribution in [-0.4, -0.2) is 40.8 Å². The van der Waals surface area contributed by atoms with Gasteiger partial charge in [0.1, 0.15) is 6.10 Å². The molecule has 3 saturated heterocycles. The van der Waals surface area contributed by atoms with E-state index in [0.29, 0.717) is 11.8 Å². The number of ether oxygens (including phenoxy) is 1. The highest BCUT2D eigenvalue weighted by Gasteiger charge is 2.35. The zero-order valence-electron chi connectivity index (χ0n) is 14.7. The van der Waals surface area contributed by atoms with E-state index >= 15 is 0 Å². The lowest BCUT2D eigenvalue weighted by Crippen LogP contribution is -2.52. The van der Waals surface area contributed by atoms with Gasteiger partial charge in [-0.2, -0.15) is 0 Å². The first-order valence-corrected chi connectivity index (χ1v) is 9.70. The van der Waals surface area contributed by atoms with Crippen LogP contribution in [0.1, 0.15) is 36.8 Å². The minimum Gasteiger partial charge on any atom is -0.472 e. The molecular weight excluding hydrogens is 310 g/mol. The predicted octanol–water partition coefficient (Wildman–Crippen LogP) is 3.50. The molecule has 4 aliphatic rings. The van der Waals surface area contributed by atoms with Crippen LogP contribution >= 0.6 is 0 Å². The number of fused-ring (bicyclic) bond motifs is 4. The molecule has 0 unspecified atom stereocenters. The first-order chi connectivity index (χ1) is 12.3. The van der Waals surface area contributed by atoms with Crippen molar-refractivity contribution in [1.29, 1.82) is 0 Å². The average Bonchev–Trinajstić information content (AvgIpc) is 2.69. The molecule has 4 heteroatoms. The summed E-state index contributed by atoms with van der Waals surface area (Å²) in [4.78, 5) is 2.50. The summed E-state index contributed by atoms with van der Waals surface area (Å²) in [6.45, 7) is 3.50. The van der Waals surface area contributed by atoms with Crippen LogP contribution in [0.25, 0.3) is 11.3 Å². The Bertz CT molecular complexity index is 750. The molecule has 2 aromatic rings. The Morgan fingerprint density at radius 1 is 0.920 bits per heavy atom. The number of hydrogen-bond donors (Lipinski definition) is 0. The molecule has 130 valence electrons. The Labute approximate surface area is 149 Å². The molecule has 6 rings (SSSR count). The van der Waals surface area contributed by atoms with E-state index in [1.165, 1.54) is 68.3 Å². The third-order valence-electron chi connectivity index (χ3n) is 6.15. The van der Waals surface area contributed by atoms with Crippen LogP contribution in [0.3, 0.4) is 0 Å². The number of hydrogen-bond acceptors (Lipinski definition) is 4. The largest absolute Gasteiger partial charge is 0.472 e. The van der Waals surface area contributed by atoms with Crippen LogP contribution in [0.2, 0.25) is 0 Å². The van der Waals surface area contributed by atoms with E-state index in [1.807, 2.05) is 12.1 Å². The molecule has 0 N–H and O–H groups in total. The fourth-order valence-electron chi connectivity index (χ4n) is 4.63. The lowest BCUT2D eigenvalue weighted by atomic mass is 9.86. The number of rotatable bonds is 3. The van der Waals surface area contributed by atoms with Gasteiger partial charge in [-0.3, -0.25) is 4.90 Å². The maximum atomic E-state index is 6.16. The highest BCUT2D eigenvalue weighted by molar-refractivity contribution is 5.61. The number of piperidine rings is 3. The van der Waals surface area contributed by atoms with Crippen molar-refractivity contribution in [3.8, 4) is 17.1 Å². The Hall–Kier alpha value is -1.94. The average molecular weight is 335 g/mol. The second-order valence-corrected chi connectivity index (χ2v) is 7.74. The first kappa shape index (κ1) is 15.3. The van der Waals surface area contributed by atoms with Crippen molar-refractivity contribution in [3.63, 3.8) is 0 Å². The Morgan fingerprint density at radius 2 is 1.76 bits per heavy atom. The molecule has 0 amide bonds. The van der Waals surface area contributed by atoms with Gasteiger partial charge < -0.3 is 4.74 Å². The third kappa shape index (κ3) is 3.04.